The molecule has 7 nitrogen and oxygen atoms in total. The van der Waals surface area contributed by atoms with Crippen molar-refractivity contribution >= 4 is 23.5 Å². The van der Waals surface area contributed by atoms with Crippen LogP contribution in [0.25, 0.3) is 0 Å². The van der Waals surface area contributed by atoms with E-state index in [-0.39, 0.29) is 24.3 Å². The number of rotatable bonds is 7. The highest BCUT2D eigenvalue weighted by atomic mass is 16.5. The lowest BCUT2D eigenvalue weighted by Crippen LogP contribution is -2.39. The van der Waals surface area contributed by atoms with Crippen LogP contribution in [0.1, 0.15) is 68.6 Å². The Morgan fingerprint density at radius 1 is 1.29 bits per heavy atom. The molecule has 1 aromatic rings. The second-order valence-corrected chi connectivity index (χ2v) is 7.77. The molecule has 0 bridgehead atoms. The zero-order chi connectivity index (χ0) is 20.1. The van der Waals surface area contributed by atoms with Gasteiger partial charge in [0.25, 0.3) is 11.8 Å². The summed E-state index contributed by atoms with van der Waals surface area (Å²) < 4.78 is 5.66. The molecule has 3 rings (SSSR count). The van der Waals surface area contributed by atoms with Gasteiger partial charge in [-0.2, -0.15) is 0 Å². The molecule has 3 N–H and O–H groups in total. The first kappa shape index (κ1) is 20.2. The van der Waals surface area contributed by atoms with Crippen LogP contribution in [-0.4, -0.2) is 35.0 Å². The Hall–Kier alpha value is -2.57. The van der Waals surface area contributed by atoms with Crippen LogP contribution < -0.4 is 15.4 Å². The molecule has 2 atom stereocenters. The molecule has 1 heterocycles. The topological polar surface area (TPSA) is 105 Å². The van der Waals surface area contributed by atoms with Crippen LogP contribution in [0.15, 0.2) is 18.2 Å². The Kier molecular flexibility index (Phi) is 6.54. The summed E-state index contributed by atoms with van der Waals surface area (Å²) in [5.41, 5.74) is 0.832. The number of amides is 2. The maximum Gasteiger partial charge on any atom is 0.303 e. The summed E-state index contributed by atoms with van der Waals surface area (Å²) in [7, 11) is 0. The van der Waals surface area contributed by atoms with Gasteiger partial charge in [-0.05, 0) is 37.8 Å². The van der Waals surface area contributed by atoms with Crippen LogP contribution in [0.3, 0.4) is 0 Å². The van der Waals surface area contributed by atoms with Crippen LogP contribution in [0.2, 0.25) is 0 Å². The van der Waals surface area contributed by atoms with Gasteiger partial charge in [0.05, 0.1) is 11.3 Å². The standard InChI is InChI=1S/C21H28N2O5/c1-13-20(26)23-17-9-5-8-16(19(17)28-13)21(27)22-15(10-11-18(24)25)12-14-6-3-2-4-7-14/h5,8-9,13-15H,2-4,6-7,10-12H2,1H3,(H,22,27)(H,23,26)(H,24,25). The summed E-state index contributed by atoms with van der Waals surface area (Å²) in [5.74, 6) is -0.525. The number of carbonyl (C=O) groups excluding carboxylic acids is 2. The summed E-state index contributed by atoms with van der Waals surface area (Å²) in [4.78, 5) is 35.8. The third-order valence-corrected chi connectivity index (χ3v) is 5.57. The quantitative estimate of drug-likeness (QED) is 0.664. The minimum Gasteiger partial charge on any atom is -0.481 e. The minimum absolute atomic E-state index is 0.0220. The number of ether oxygens (including phenoxy) is 1. The van der Waals surface area contributed by atoms with Gasteiger partial charge in [-0.25, -0.2) is 0 Å². The molecule has 2 unspecified atom stereocenters. The van der Waals surface area contributed by atoms with E-state index >= 15 is 0 Å². The third-order valence-electron chi connectivity index (χ3n) is 5.57. The van der Waals surface area contributed by atoms with E-state index in [0.717, 1.165) is 19.3 Å². The van der Waals surface area contributed by atoms with Crippen molar-refractivity contribution in [3.05, 3.63) is 23.8 Å². The predicted molar refractivity (Wildman–Crippen MR) is 104 cm³/mol. The van der Waals surface area contributed by atoms with E-state index in [1.165, 1.54) is 19.3 Å². The molecule has 152 valence electrons. The smallest absolute Gasteiger partial charge is 0.303 e. The first-order chi connectivity index (χ1) is 13.4. The molecule has 2 amide bonds. The van der Waals surface area contributed by atoms with E-state index in [4.69, 9.17) is 9.84 Å². The number of carboxylic acids is 1. The molecule has 2 aliphatic rings. The number of hydrogen-bond acceptors (Lipinski definition) is 4. The number of hydrogen-bond donors (Lipinski definition) is 3. The van der Waals surface area contributed by atoms with Gasteiger partial charge in [0.1, 0.15) is 0 Å². The van der Waals surface area contributed by atoms with E-state index in [0.29, 0.717) is 29.3 Å². The first-order valence-electron chi connectivity index (χ1n) is 10.1. The van der Waals surface area contributed by atoms with Crippen molar-refractivity contribution in [3.63, 3.8) is 0 Å². The molecule has 28 heavy (non-hydrogen) atoms. The van der Waals surface area contributed by atoms with Crippen molar-refractivity contribution in [3.8, 4) is 5.75 Å². The fraction of sp³-hybridized carbons (Fsp3) is 0.571. The lowest BCUT2D eigenvalue weighted by Gasteiger charge is -2.28. The highest BCUT2D eigenvalue weighted by molar-refractivity contribution is 6.04. The number of carbonyl (C=O) groups is 3. The second kappa shape index (κ2) is 9.08. The summed E-state index contributed by atoms with van der Waals surface area (Å²) in [6, 6.07) is 4.85. The van der Waals surface area contributed by atoms with Crippen LogP contribution in [-0.2, 0) is 9.59 Å². The zero-order valence-electron chi connectivity index (χ0n) is 16.2. The van der Waals surface area contributed by atoms with Crippen molar-refractivity contribution in [1.82, 2.24) is 5.32 Å². The zero-order valence-corrected chi connectivity index (χ0v) is 16.2. The van der Waals surface area contributed by atoms with Gasteiger partial charge in [-0.15, -0.1) is 0 Å². The second-order valence-electron chi connectivity index (χ2n) is 7.77. The van der Waals surface area contributed by atoms with Gasteiger partial charge >= 0.3 is 5.97 Å². The van der Waals surface area contributed by atoms with Crippen molar-refractivity contribution in [2.45, 2.75) is 70.4 Å². The lowest BCUT2D eigenvalue weighted by molar-refractivity contribution is -0.137. The molecule has 0 radical (unpaired) electrons. The van der Waals surface area contributed by atoms with Crippen LogP contribution in [0.5, 0.6) is 5.75 Å². The molecular formula is C21H28N2O5. The molecule has 1 aromatic carbocycles. The molecule has 1 saturated carbocycles. The van der Waals surface area contributed by atoms with Crippen molar-refractivity contribution in [1.29, 1.82) is 0 Å². The first-order valence-corrected chi connectivity index (χ1v) is 10.1. The van der Waals surface area contributed by atoms with Gasteiger partial charge in [-0.3, -0.25) is 14.4 Å². The largest absolute Gasteiger partial charge is 0.481 e. The van der Waals surface area contributed by atoms with Gasteiger partial charge in [0, 0.05) is 12.5 Å². The average Bonchev–Trinajstić information content (AvgIpc) is 2.67. The summed E-state index contributed by atoms with van der Waals surface area (Å²) in [6.45, 7) is 1.63. The molecule has 0 saturated heterocycles. The normalized spacial score (nSPS) is 20.5. The van der Waals surface area contributed by atoms with E-state index in [1.807, 2.05) is 0 Å². The predicted octanol–water partition coefficient (Wildman–Crippen LogP) is 3.34. The summed E-state index contributed by atoms with van der Waals surface area (Å²) >= 11 is 0. The molecule has 1 aliphatic heterocycles. The SMILES string of the molecule is CC1Oc2c(cccc2C(=O)NC(CCC(=O)O)CC2CCCCC2)NC1=O. The number of anilines is 1. The molecule has 0 spiro atoms. The van der Waals surface area contributed by atoms with E-state index in [2.05, 4.69) is 10.6 Å². The fourth-order valence-corrected chi connectivity index (χ4v) is 4.04. The number of carboxylic acid groups (broad SMARTS) is 1. The lowest BCUT2D eigenvalue weighted by atomic mass is 9.84. The number of nitrogens with one attached hydrogen (secondary N) is 2. The molecule has 7 heteroatoms. The Bertz CT molecular complexity index is 742. The molecule has 1 aliphatic carbocycles. The van der Waals surface area contributed by atoms with Crippen molar-refractivity contribution in [2.75, 3.05) is 5.32 Å². The Morgan fingerprint density at radius 2 is 2.04 bits per heavy atom. The van der Waals surface area contributed by atoms with Crippen LogP contribution >= 0.6 is 0 Å². The number of aliphatic carboxylic acids is 1. The van der Waals surface area contributed by atoms with E-state index in [9.17, 15) is 14.4 Å². The maximum absolute atomic E-state index is 13.0. The highest BCUT2D eigenvalue weighted by Gasteiger charge is 2.29. The molecule has 0 aromatic heterocycles. The number of para-hydroxylation sites is 1. The van der Waals surface area contributed by atoms with E-state index < -0.39 is 12.1 Å². The highest BCUT2D eigenvalue weighted by Crippen LogP contribution is 2.34. The average molecular weight is 388 g/mol. The monoisotopic (exact) mass is 388 g/mol. The van der Waals surface area contributed by atoms with Gasteiger partial charge < -0.3 is 20.5 Å². The maximum atomic E-state index is 13.0. The summed E-state index contributed by atoms with van der Waals surface area (Å²) in [5, 5.41) is 14.8. The van der Waals surface area contributed by atoms with Crippen LogP contribution in [0.4, 0.5) is 5.69 Å². The Labute approximate surface area is 164 Å². The molecule has 1 fully saturated rings. The van der Waals surface area contributed by atoms with Crippen molar-refractivity contribution in [2.24, 2.45) is 5.92 Å². The number of benzene rings is 1. The Morgan fingerprint density at radius 3 is 2.75 bits per heavy atom. The summed E-state index contributed by atoms with van der Waals surface area (Å²) in [6.07, 6.45) is 6.45. The van der Waals surface area contributed by atoms with Gasteiger partial charge in [0.15, 0.2) is 11.9 Å². The van der Waals surface area contributed by atoms with Gasteiger partial charge in [-0.1, -0.05) is 38.2 Å². The van der Waals surface area contributed by atoms with E-state index in [1.54, 1.807) is 25.1 Å². The van der Waals surface area contributed by atoms with Crippen LogP contribution in [0, 0.1) is 5.92 Å². The van der Waals surface area contributed by atoms with Crippen molar-refractivity contribution < 1.29 is 24.2 Å². The number of fused-ring (bicyclic) bond motifs is 1. The Balaban J connectivity index is 1.73. The fourth-order valence-electron chi connectivity index (χ4n) is 4.04. The minimum atomic E-state index is -0.861. The van der Waals surface area contributed by atoms with Gasteiger partial charge in [0.2, 0.25) is 0 Å². The molecular weight excluding hydrogens is 360 g/mol. The third kappa shape index (κ3) is 5.03.